The topological polar surface area (TPSA) is 63.5 Å². The maximum absolute atomic E-state index is 11.7. The van der Waals surface area contributed by atoms with Crippen LogP contribution in [-0.2, 0) is 17.7 Å². The minimum Gasteiger partial charge on any atom is -0.461 e. The van der Waals surface area contributed by atoms with Gasteiger partial charge >= 0.3 is 6.09 Å². The molecule has 1 aromatic carbocycles. The van der Waals surface area contributed by atoms with E-state index < -0.39 is 11.7 Å². The van der Waals surface area contributed by atoms with Gasteiger partial charge in [-0.2, -0.15) is 0 Å². The van der Waals surface area contributed by atoms with Crippen LogP contribution in [0.2, 0.25) is 0 Å². The molecule has 126 valence electrons. The van der Waals surface area contributed by atoms with Crippen molar-refractivity contribution in [1.82, 2.24) is 10.9 Å². The molecule has 1 aromatic heterocycles. The first-order valence-electron chi connectivity index (χ1n) is 8.12. The van der Waals surface area contributed by atoms with Crippen molar-refractivity contribution in [2.45, 2.75) is 59.1 Å². The zero-order chi connectivity index (χ0) is 16.9. The highest BCUT2D eigenvalue weighted by atomic mass is 16.6. The number of amides is 1. The number of para-hydroxylation sites is 1. The van der Waals surface area contributed by atoms with Crippen molar-refractivity contribution in [2.24, 2.45) is 0 Å². The molecule has 0 aliphatic rings. The Labute approximate surface area is 137 Å². The molecule has 0 aliphatic carbocycles. The Balaban J connectivity index is 2.04. The van der Waals surface area contributed by atoms with Crippen molar-refractivity contribution >= 4 is 17.1 Å². The second kappa shape index (κ2) is 7.51. The Bertz CT molecular complexity index is 656. The largest absolute Gasteiger partial charge is 0.461 e. The fourth-order valence-corrected chi connectivity index (χ4v) is 2.39. The number of aryl methyl sites for hydroxylation is 1. The van der Waals surface area contributed by atoms with Crippen LogP contribution in [0, 0.1) is 0 Å². The summed E-state index contributed by atoms with van der Waals surface area (Å²) in [5.41, 5.74) is 6.96. The summed E-state index contributed by atoms with van der Waals surface area (Å²) in [5.74, 6) is 0.978. The lowest BCUT2D eigenvalue weighted by Crippen LogP contribution is -2.40. The molecule has 0 spiro atoms. The lowest BCUT2D eigenvalue weighted by Gasteiger charge is -2.19. The van der Waals surface area contributed by atoms with Crippen molar-refractivity contribution in [1.29, 1.82) is 0 Å². The maximum Gasteiger partial charge on any atom is 0.422 e. The molecule has 0 atom stereocenters. The van der Waals surface area contributed by atoms with E-state index in [-0.39, 0.29) is 0 Å². The number of carbonyl (C=O) groups is 1. The van der Waals surface area contributed by atoms with E-state index >= 15 is 0 Å². The van der Waals surface area contributed by atoms with E-state index in [9.17, 15) is 4.79 Å². The highest BCUT2D eigenvalue weighted by molar-refractivity contribution is 5.82. The van der Waals surface area contributed by atoms with Crippen LogP contribution >= 0.6 is 0 Å². The Hall–Kier alpha value is -2.01. The van der Waals surface area contributed by atoms with Gasteiger partial charge in [-0.3, -0.25) is 5.43 Å². The number of hydrogen-bond acceptors (Lipinski definition) is 4. The van der Waals surface area contributed by atoms with E-state index in [0.717, 1.165) is 41.6 Å². The van der Waals surface area contributed by atoms with Crippen LogP contribution < -0.4 is 10.9 Å². The number of furan rings is 1. The van der Waals surface area contributed by atoms with Gasteiger partial charge < -0.3 is 9.15 Å². The molecule has 0 fully saturated rings. The third-order valence-corrected chi connectivity index (χ3v) is 3.39. The number of rotatable bonds is 6. The molecule has 0 bridgehead atoms. The van der Waals surface area contributed by atoms with E-state index in [0.29, 0.717) is 6.54 Å². The van der Waals surface area contributed by atoms with E-state index in [1.807, 2.05) is 45.0 Å². The van der Waals surface area contributed by atoms with Gasteiger partial charge in [-0.1, -0.05) is 31.5 Å². The monoisotopic (exact) mass is 318 g/mol. The van der Waals surface area contributed by atoms with Crippen LogP contribution in [0.3, 0.4) is 0 Å². The standard InChI is InChI=1S/C18H26N2O3/c1-5-6-10-16-14(13-9-7-8-11-15(13)22-16)12-19-20-17(21)23-18(2,3)4/h7-9,11,19H,5-6,10,12H2,1-4H3,(H,20,21). The van der Waals surface area contributed by atoms with Crippen LogP contribution in [0.15, 0.2) is 28.7 Å². The first-order chi connectivity index (χ1) is 10.9. The number of unbranched alkanes of at least 4 members (excludes halogenated alkanes) is 1. The predicted molar refractivity (Wildman–Crippen MR) is 91.0 cm³/mol. The third kappa shape index (κ3) is 4.99. The van der Waals surface area contributed by atoms with E-state index in [1.165, 1.54) is 0 Å². The van der Waals surface area contributed by atoms with Crippen LogP contribution in [0.4, 0.5) is 4.79 Å². The summed E-state index contributed by atoms with van der Waals surface area (Å²) in [6, 6.07) is 7.96. The molecule has 5 nitrogen and oxygen atoms in total. The quantitative estimate of drug-likeness (QED) is 0.779. The minimum absolute atomic E-state index is 0.486. The number of ether oxygens (including phenoxy) is 1. The fraction of sp³-hybridized carbons (Fsp3) is 0.500. The average molecular weight is 318 g/mol. The predicted octanol–water partition coefficient (Wildman–Crippen LogP) is 4.30. The molecule has 2 N–H and O–H groups in total. The molecular formula is C18H26N2O3. The van der Waals surface area contributed by atoms with Gasteiger partial charge in [0.1, 0.15) is 16.9 Å². The van der Waals surface area contributed by atoms with Crippen LogP contribution in [0.5, 0.6) is 0 Å². The molecule has 0 unspecified atom stereocenters. The normalized spacial score (nSPS) is 11.7. The molecule has 1 amide bonds. The summed E-state index contributed by atoms with van der Waals surface area (Å²) in [6.07, 6.45) is 2.60. The summed E-state index contributed by atoms with van der Waals surface area (Å²) in [4.78, 5) is 11.7. The molecule has 0 saturated heterocycles. The third-order valence-electron chi connectivity index (χ3n) is 3.39. The van der Waals surface area contributed by atoms with E-state index in [2.05, 4.69) is 17.8 Å². The number of nitrogens with one attached hydrogen (secondary N) is 2. The molecule has 0 aliphatic heterocycles. The summed E-state index contributed by atoms with van der Waals surface area (Å²) in [5, 5.41) is 1.08. The maximum atomic E-state index is 11.7. The molecule has 2 rings (SSSR count). The second-order valence-corrected chi connectivity index (χ2v) is 6.58. The Morgan fingerprint density at radius 3 is 2.70 bits per heavy atom. The van der Waals surface area contributed by atoms with Crippen molar-refractivity contribution in [3.05, 3.63) is 35.6 Å². The molecule has 5 heteroatoms. The van der Waals surface area contributed by atoms with Gasteiger partial charge in [0, 0.05) is 23.9 Å². The number of hydrazine groups is 1. The number of hydrogen-bond donors (Lipinski definition) is 2. The lowest BCUT2D eigenvalue weighted by molar-refractivity contribution is 0.0497. The van der Waals surface area contributed by atoms with Crippen LogP contribution in [-0.4, -0.2) is 11.7 Å². The summed E-state index contributed by atoms with van der Waals surface area (Å²) < 4.78 is 11.2. The van der Waals surface area contributed by atoms with E-state index in [4.69, 9.17) is 9.15 Å². The van der Waals surface area contributed by atoms with Gasteiger partial charge in [-0.05, 0) is 33.3 Å². The smallest absolute Gasteiger partial charge is 0.422 e. The summed E-state index contributed by atoms with van der Waals surface area (Å²) in [7, 11) is 0. The van der Waals surface area contributed by atoms with E-state index in [1.54, 1.807) is 0 Å². The summed E-state index contributed by atoms with van der Waals surface area (Å²) in [6.45, 7) is 8.15. The molecule has 0 saturated carbocycles. The first kappa shape index (κ1) is 17.3. The zero-order valence-corrected chi connectivity index (χ0v) is 14.4. The van der Waals surface area contributed by atoms with Gasteiger partial charge in [0.05, 0.1) is 0 Å². The molecular weight excluding hydrogens is 292 g/mol. The van der Waals surface area contributed by atoms with Crippen molar-refractivity contribution < 1.29 is 13.9 Å². The molecule has 23 heavy (non-hydrogen) atoms. The Kier molecular flexibility index (Phi) is 5.66. The number of benzene rings is 1. The van der Waals surface area contributed by atoms with Crippen molar-refractivity contribution in [2.75, 3.05) is 0 Å². The van der Waals surface area contributed by atoms with Gasteiger partial charge in [0.25, 0.3) is 0 Å². The fourth-order valence-electron chi connectivity index (χ4n) is 2.39. The Morgan fingerprint density at radius 2 is 2.00 bits per heavy atom. The van der Waals surface area contributed by atoms with Crippen molar-refractivity contribution in [3.8, 4) is 0 Å². The SMILES string of the molecule is CCCCc1oc2ccccc2c1CNNC(=O)OC(C)(C)C. The first-order valence-corrected chi connectivity index (χ1v) is 8.12. The van der Waals surface area contributed by atoms with Gasteiger partial charge in [0.15, 0.2) is 0 Å². The molecule has 2 aromatic rings. The van der Waals surface area contributed by atoms with Gasteiger partial charge in [0.2, 0.25) is 0 Å². The average Bonchev–Trinajstić information content (AvgIpc) is 2.81. The molecule has 0 radical (unpaired) electrons. The highest BCUT2D eigenvalue weighted by Gasteiger charge is 2.17. The minimum atomic E-state index is -0.514. The molecule has 1 heterocycles. The van der Waals surface area contributed by atoms with Crippen LogP contribution in [0.1, 0.15) is 51.9 Å². The number of carbonyl (C=O) groups excluding carboxylic acids is 1. The van der Waals surface area contributed by atoms with Crippen molar-refractivity contribution in [3.63, 3.8) is 0 Å². The summed E-state index contributed by atoms with van der Waals surface area (Å²) >= 11 is 0. The van der Waals surface area contributed by atoms with Gasteiger partial charge in [-0.15, -0.1) is 0 Å². The zero-order valence-electron chi connectivity index (χ0n) is 14.4. The second-order valence-electron chi connectivity index (χ2n) is 6.58. The lowest BCUT2D eigenvalue weighted by atomic mass is 10.1. The van der Waals surface area contributed by atoms with Gasteiger partial charge in [-0.25, -0.2) is 10.2 Å². The highest BCUT2D eigenvalue weighted by Crippen LogP contribution is 2.26. The Morgan fingerprint density at radius 1 is 1.26 bits per heavy atom. The number of fused-ring (bicyclic) bond motifs is 1. The van der Waals surface area contributed by atoms with Crippen LogP contribution in [0.25, 0.3) is 11.0 Å².